The van der Waals surface area contributed by atoms with Crippen molar-refractivity contribution in [2.75, 3.05) is 20.1 Å². The predicted molar refractivity (Wildman–Crippen MR) is 91.0 cm³/mol. The van der Waals surface area contributed by atoms with Gasteiger partial charge in [0, 0.05) is 19.6 Å². The average Bonchev–Trinajstić information content (AvgIpc) is 2.44. The molecule has 1 aromatic rings. The van der Waals surface area contributed by atoms with Crippen LogP contribution in [-0.4, -0.2) is 42.8 Å². The molecular weight excluding hydrogens is 295 g/mol. The van der Waals surface area contributed by atoms with Crippen LogP contribution in [-0.2, 0) is 11.2 Å². The largest absolute Gasteiger partial charge is 0.444 e. The number of nitrogens with one attached hydrogen (secondary N) is 1. The van der Waals surface area contributed by atoms with Gasteiger partial charge in [-0.3, -0.25) is 0 Å². The molecule has 130 valence electrons. The summed E-state index contributed by atoms with van der Waals surface area (Å²) in [6.07, 6.45) is 1.41. The third-order valence-corrected chi connectivity index (χ3v) is 3.32. The fourth-order valence-corrected chi connectivity index (χ4v) is 2.14. The lowest BCUT2D eigenvalue weighted by atomic mass is 10.1. The second-order valence-electron chi connectivity index (χ2n) is 6.94. The Labute approximate surface area is 139 Å². The molecule has 1 amide bonds. The molecule has 1 unspecified atom stereocenters. The van der Waals surface area contributed by atoms with Gasteiger partial charge in [-0.25, -0.2) is 9.18 Å². The van der Waals surface area contributed by atoms with Crippen molar-refractivity contribution in [1.29, 1.82) is 0 Å². The van der Waals surface area contributed by atoms with Gasteiger partial charge in [0.2, 0.25) is 0 Å². The standard InChI is InChI=1S/C18H29FN2O2/c1-14(13-15-7-9-16(19)10-8-15)20-11-6-12-21(5)17(22)23-18(2,3)4/h7-10,14,20H,6,11-13H2,1-5H3. The molecule has 0 saturated heterocycles. The first-order valence-electron chi connectivity index (χ1n) is 8.09. The highest BCUT2D eigenvalue weighted by Gasteiger charge is 2.19. The molecule has 5 heteroatoms. The number of rotatable bonds is 7. The Morgan fingerprint density at radius 3 is 2.48 bits per heavy atom. The normalized spacial score (nSPS) is 12.8. The van der Waals surface area contributed by atoms with Crippen molar-refractivity contribution in [1.82, 2.24) is 10.2 Å². The van der Waals surface area contributed by atoms with Gasteiger partial charge in [0.15, 0.2) is 0 Å². The third-order valence-electron chi connectivity index (χ3n) is 3.32. The minimum atomic E-state index is -0.465. The summed E-state index contributed by atoms with van der Waals surface area (Å²) in [5.74, 6) is -0.209. The van der Waals surface area contributed by atoms with E-state index in [1.54, 1.807) is 11.9 Å². The van der Waals surface area contributed by atoms with E-state index in [0.717, 1.165) is 24.9 Å². The van der Waals surface area contributed by atoms with Crippen molar-refractivity contribution < 1.29 is 13.9 Å². The van der Waals surface area contributed by atoms with Gasteiger partial charge in [0.1, 0.15) is 11.4 Å². The molecule has 0 aliphatic carbocycles. The Kier molecular flexibility index (Phi) is 7.49. The third kappa shape index (κ3) is 8.55. The molecule has 23 heavy (non-hydrogen) atoms. The van der Waals surface area contributed by atoms with Gasteiger partial charge in [-0.05, 0) is 64.8 Å². The van der Waals surface area contributed by atoms with Gasteiger partial charge in [-0.2, -0.15) is 0 Å². The fourth-order valence-electron chi connectivity index (χ4n) is 2.14. The highest BCUT2D eigenvalue weighted by molar-refractivity contribution is 5.67. The number of amides is 1. The molecule has 0 aliphatic rings. The quantitative estimate of drug-likeness (QED) is 0.779. The van der Waals surface area contributed by atoms with E-state index in [0.29, 0.717) is 12.6 Å². The van der Waals surface area contributed by atoms with Gasteiger partial charge in [-0.15, -0.1) is 0 Å². The van der Waals surface area contributed by atoms with E-state index in [1.807, 2.05) is 32.9 Å². The SMILES string of the molecule is CC(Cc1ccc(F)cc1)NCCCN(C)C(=O)OC(C)(C)C. The number of ether oxygens (including phenoxy) is 1. The summed E-state index contributed by atoms with van der Waals surface area (Å²) in [5.41, 5.74) is 0.644. The van der Waals surface area contributed by atoms with Crippen LogP contribution in [0.2, 0.25) is 0 Å². The molecule has 0 aromatic heterocycles. The van der Waals surface area contributed by atoms with Gasteiger partial charge >= 0.3 is 6.09 Å². The van der Waals surface area contributed by atoms with Crippen LogP contribution in [0.5, 0.6) is 0 Å². The Bertz CT molecular complexity index is 483. The Morgan fingerprint density at radius 2 is 1.91 bits per heavy atom. The molecule has 0 radical (unpaired) electrons. The minimum absolute atomic E-state index is 0.209. The van der Waals surface area contributed by atoms with E-state index in [4.69, 9.17) is 4.74 Å². The molecule has 0 heterocycles. The number of hydrogen-bond acceptors (Lipinski definition) is 3. The van der Waals surface area contributed by atoms with E-state index in [-0.39, 0.29) is 11.9 Å². The summed E-state index contributed by atoms with van der Waals surface area (Å²) in [6, 6.07) is 6.89. The molecule has 0 saturated carbocycles. The molecule has 1 aromatic carbocycles. The smallest absolute Gasteiger partial charge is 0.410 e. The van der Waals surface area contributed by atoms with E-state index in [2.05, 4.69) is 12.2 Å². The zero-order valence-electron chi connectivity index (χ0n) is 14.9. The number of carbonyl (C=O) groups is 1. The van der Waals surface area contributed by atoms with Gasteiger partial charge in [0.25, 0.3) is 0 Å². The zero-order chi connectivity index (χ0) is 17.5. The highest BCUT2D eigenvalue weighted by Crippen LogP contribution is 2.09. The lowest BCUT2D eigenvalue weighted by molar-refractivity contribution is 0.0297. The number of hydrogen-bond donors (Lipinski definition) is 1. The lowest BCUT2D eigenvalue weighted by Gasteiger charge is -2.24. The summed E-state index contributed by atoms with van der Waals surface area (Å²) in [4.78, 5) is 13.4. The number of nitrogens with zero attached hydrogens (tertiary/aromatic N) is 1. The molecule has 4 nitrogen and oxygen atoms in total. The molecule has 0 spiro atoms. The van der Waals surface area contributed by atoms with Gasteiger partial charge in [-0.1, -0.05) is 12.1 Å². The average molecular weight is 324 g/mol. The van der Waals surface area contributed by atoms with E-state index >= 15 is 0 Å². The molecule has 0 aliphatic heterocycles. The van der Waals surface area contributed by atoms with Crippen molar-refractivity contribution in [2.24, 2.45) is 0 Å². The van der Waals surface area contributed by atoms with Crippen LogP contribution in [0.15, 0.2) is 24.3 Å². The van der Waals surface area contributed by atoms with E-state index in [1.165, 1.54) is 12.1 Å². The molecule has 0 fully saturated rings. The Hall–Kier alpha value is -1.62. The number of carbonyl (C=O) groups excluding carboxylic acids is 1. The first-order chi connectivity index (χ1) is 10.7. The van der Waals surface area contributed by atoms with E-state index in [9.17, 15) is 9.18 Å². The summed E-state index contributed by atoms with van der Waals surface area (Å²) < 4.78 is 18.2. The summed E-state index contributed by atoms with van der Waals surface area (Å²) in [5, 5.41) is 3.42. The first-order valence-corrected chi connectivity index (χ1v) is 8.09. The number of halogens is 1. The van der Waals surface area contributed by atoms with Crippen LogP contribution in [0.3, 0.4) is 0 Å². The molecular formula is C18H29FN2O2. The maximum atomic E-state index is 12.9. The number of benzene rings is 1. The Balaban J connectivity index is 2.21. The van der Waals surface area contributed by atoms with Crippen molar-refractivity contribution in [2.45, 2.75) is 52.2 Å². The lowest BCUT2D eigenvalue weighted by Crippen LogP contribution is -2.36. The van der Waals surface area contributed by atoms with Crippen molar-refractivity contribution in [3.05, 3.63) is 35.6 Å². The van der Waals surface area contributed by atoms with Crippen molar-refractivity contribution >= 4 is 6.09 Å². The van der Waals surface area contributed by atoms with Crippen LogP contribution in [0.25, 0.3) is 0 Å². The van der Waals surface area contributed by atoms with Gasteiger partial charge in [0.05, 0.1) is 0 Å². The van der Waals surface area contributed by atoms with Crippen LogP contribution < -0.4 is 5.32 Å². The highest BCUT2D eigenvalue weighted by atomic mass is 19.1. The molecule has 1 rings (SSSR count). The molecule has 1 atom stereocenters. The van der Waals surface area contributed by atoms with Crippen LogP contribution in [0.4, 0.5) is 9.18 Å². The molecule has 1 N–H and O–H groups in total. The van der Waals surface area contributed by atoms with Crippen LogP contribution in [0, 0.1) is 5.82 Å². The zero-order valence-corrected chi connectivity index (χ0v) is 14.9. The van der Waals surface area contributed by atoms with Crippen molar-refractivity contribution in [3.63, 3.8) is 0 Å². The second kappa shape index (κ2) is 8.87. The van der Waals surface area contributed by atoms with E-state index < -0.39 is 5.60 Å². The monoisotopic (exact) mass is 324 g/mol. The minimum Gasteiger partial charge on any atom is -0.444 e. The molecule has 0 bridgehead atoms. The Morgan fingerprint density at radius 1 is 1.30 bits per heavy atom. The van der Waals surface area contributed by atoms with Crippen LogP contribution in [0.1, 0.15) is 39.7 Å². The topological polar surface area (TPSA) is 41.6 Å². The summed E-state index contributed by atoms with van der Waals surface area (Å²) in [6.45, 7) is 9.13. The first kappa shape index (κ1) is 19.4. The predicted octanol–water partition coefficient (Wildman–Crippen LogP) is 3.60. The fraction of sp³-hybridized carbons (Fsp3) is 0.611. The van der Waals surface area contributed by atoms with Crippen LogP contribution >= 0.6 is 0 Å². The maximum Gasteiger partial charge on any atom is 0.410 e. The van der Waals surface area contributed by atoms with Gasteiger partial charge < -0.3 is 15.0 Å². The maximum absolute atomic E-state index is 12.9. The summed E-state index contributed by atoms with van der Waals surface area (Å²) in [7, 11) is 1.75. The second-order valence-corrected chi connectivity index (χ2v) is 6.94. The summed E-state index contributed by atoms with van der Waals surface area (Å²) >= 11 is 0. The van der Waals surface area contributed by atoms with Crippen molar-refractivity contribution in [3.8, 4) is 0 Å².